The number of hydrogen-bond donors (Lipinski definition) is 3. The summed E-state index contributed by atoms with van der Waals surface area (Å²) in [7, 11) is -2.36. The zero-order valence-corrected chi connectivity index (χ0v) is 10.7. The van der Waals surface area contributed by atoms with E-state index in [1.54, 1.807) is 6.07 Å². The number of nitrogens with one attached hydrogen (secondary N) is 1. The van der Waals surface area contributed by atoms with Crippen molar-refractivity contribution in [3.05, 3.63) is 23.3 Å². The van der Waals surface area contributed by atoms with Crippen molar-refractivity contribution in [1.82, 2.24) is 0 Å². The highest BCUT2D eigenvalue weighted by Gasteiger charge is 2.23. The van der Waals surface area contributed by atoms with Gasteiger partial charge in [-0.1, -0.05) is 13.8 Å². The maximum atomic E-state index is 11.4. The van der Waals surface area contributed by atoms with E-state index in [0.29, 0.717) is 6.42 Å². The fraction of sp³-hybridized carbons (Fsp3) is 0.455. The molecule has 16 heavy (non-hydrogen) atoms. The summed E-state index contributed by atoms with van der Waals surface area (Å²) in [5, 5.41) is 3.21. The van der Waals surface area contributed by atoms with Gasteiger partial charge in [0, 0.05) is 12.7 Å². The fourth-order valence-corrected chi connectivity index (χ4v) is 2.90. The summed E-state index contributed by atoms with van der Waals surface area (Å²) in [6.07, 6.45) is 1.38. The lowest BCUT2D eigenvalue weighted by Gasteiger charge is -2.17. The van der Waals surface area contributed by atoms with Gasteiger partial charge in [-0.3, -0.25) is 4.57 Å². The summed E-state index contributed by atoms with van der Waals surface area (Å²) < 4.78 is 11.4. The van der Waals surface area contributed by atoms with E-state index >= 15 is 0 Å². The highest BCUT2D eigenvalue weighted by molar-refractivity contribution is 7.60. The Morgan fingerprint density at radius 3 is 2.12 bits per heavy atom. The second-order valence-electron chi connectivity index (χ2n) is 3.59. The van der Waals surface area contributed by atoms with Crippen LogP contribution in [-0.2, 0) is 17.4 Å². The molecule has 0 saturated heterocycles. The van der Waals surface area contributed by atoms with Gasteiger partial charge in [0.2, 0.25) is 0 Å². The van der Waals surface area contributed by atoms with Crippen molar-refractivity contribution in [2.24, 2.45) is 0 Å². The minimum Gasteiger partial charge on any atom is -0.388 e. The lowest BCUT2D eigenvalue weighted by Crippen LogP contribution is -2.15. The zero-order valence-electron chi connectivity index (χ0n) is 9.82. The average Bonchev–Trinajstić information content (AvgIpc) is 2.25. The number of hydrogen-bond acceptors (Lipinski definition) is 2. The number of benzene rings is 1. The highest BCUT2D eigenvalue weighted by Crippen LogP contribution is 2.37. The third-order valence-corrected chi connectivity index (χ3v) is 3.74. The monoisotopic (exact) mass is 243 g/mol. The van der Waals surface area contributed by atoms with Crippen molar-refractivity contribution < 1.29 is 14.4 Å². The smallest absolute Gasteiger partial charge is 0.356 e. The van der Waals surface area contributed by atoms with Crippen LogP contribution in [-0.4, -0.2) is 16.8 Å². The van der Waals surface area contributed by atoms with E-state index in [9.17, 15) is 14.4 Å². The molecule has 1 aromatic rings. The Hall–Kier alpha value is -0.830. The first-order valence-corrected chi connectivity index (χ1v) is 6.95. The van der Waals surface area contributed by atoms with Crippen LogP contribution < -0.4 is 10.6 Å². The standard InChI is InChI=1S/C11H18NO3P/c1-4-8-9(5-2)11(16(13,14)15)7-6-10(8)12-3/h6-7,12H,4-5H2,1-3H3,(H2,13,14,15). The van der Waals surface area contributed by atoms with Crippen LogP contribution in [0.5, 0.6) is 0 Å². The largest absolute Gasteiger partial charge is 0.388 e. The van der Waals surface area contributed by atoms with E-state index in [1.807, 2.05) is 20.9 Å². The second kappa shape index (κ2) is 5.00. The predicted octanol–water partition coefficient (Wildman–Crippen LogP) is 1.66. The van der Waals surface area contributed by atoms with Crippen LogP contribution in [0.15, 0.2) is 12.1 Å². The van der Waals surface area contributed by atoms with E-state index in [-0.39, 0.29) is 5.30 Å². The van der Waals surface area contributed by atoms with E-state index < -0.39 is 7.60 Å². The third-order valence-electron chi connectivity index (χ3n) is 2.70. The molecule has 1 aromatic carbocycles. The van der Waals surface area contributed by atoms with Crippen molar-refractivity contribution in [2.75, 3.05) is 12.4 Å². The number of anilines is 1. The molecule has 3 N–H and O–H groups in total. The normalized spacial score (nSPS) is 11.6. The minimum absolute atomic E-state index is 0.158. The summed E-state index contributed by atoms with van der Waals surface area (Å²) in [4.78, 5) is 18.6. The summed E-state index contributed by atoms with van der Waals surface area (Å²) in [6.45, 7) is 3.89. The maximum absolute atomic E-state index is 11.4. The molecule has 0 unspecified atom stereocenters. The van der Waals surface area contributed by atoms with E-state index in [1.165, 1.54) is 6.07 Å². The fourth-order valence-electron chi connectivity index (χ4n) is 1.99. The topological polar surface area (TPSA) is 69.6 Å². The molecule has 0 fully saturated rings. The molecule has 0 saturated carbocycles. The quantitative estimate of drug-likeness (QED) is 0.703. The van der Waals surface area contributed by atoms with Gasteiger partial charge in [-0.05, 0) is 36.1 Å². The molecule has 90 valence electrons. The lowest BCUT2D eigenvalue weighted by molar-refractivity contribution is 0.387. The third kappa shape index (κ3) is 2.46. The Morgan fingerprint density at radius 2 is 1.75 bits per heavy atom. The second-order valence-corrected chi connectivity index (χ2v) is 5.16. The SMILES string of the molecule is CCc1c(NC)ccc(P(=O)(O)O)c1CC. The molecule has 0 aromatic heterocycles. The summed E-state index contributed by atoms with van der Waals surface area (Å²) in [5.41, 5.74) is 2.70. The summed E-state index contributed by atoms with van der Waals surface area (Å²) in [6, 6.07) is 3.25. The molecular formula is C11H18NO3P. The van der Waals surface area contributed by atoms with Gasteiger partial charge < -0.3 is 15.1 Å². The maximum Gasteiger partial charge on any atom is 0.356 e. The molecule has 0 heterocycles. The van der Waals surface area contributed by atoms with Gasteiger partial charge in [0.25, 0.3) is 0 Å². The Morgan fingerprint density at radius 1 is 1.19 bits per heavy atom. The van der Waals surface area contributed by atoms with Crippen LogP contribution in [0, 0.1) is 0 Å². The average molecular weight is 243 g/mol. The first-order chi connectivity index (χ1) is 7.45. The van der Waals surface area contributed by atoms with E-state index in [2.05, 4.69) is 5.32 Å². The Kier molecular flexibility index (Phi) is 4.14. The molecule has 0 spiro atoms. The van der Waals surface area contributed by atoms with Crippen molar-refractivity contribution in [3.63, 3.8) is 0 Å². The summed E-state index contributed by atoms with van der Waals surface area (Å²) >= 11 is 0. The van der Waals surface area contributed by atoms with E-state index in [0.717, 1.165) is 23.2 Å². The van der Waals surface area contributed by atoms with Gasteiger partial charge in [-0.25, -0.2) is 0 Å². The molecule has 0 atom stereocenters. The molecule has 4 nitrogen and oxygen atoms in total. The molecule has 0 amide bonds. The molecule has 5 heteroatoms. The van der Waals surface area contributed by atoms with Gasteiger partial charge in [-0.15, -0.1) is 0 Å². The van der Waals surface area contributed by atoms with Gasteiger partial charge in [0.05, 0.1) is 5.30 Å². The predicted molar refractivity (Wildman–Crippen MR) is 66.4 cm³/mol. The van der Waals surface area contributed by atoms with Gasteiger partial charge >= 0.3 is 7.60 Å². The van der Waals surface area contributed by atoms with Crippen LogP contribution in [0.25, 0.3) is 0 Å². The van der Waals surface area contributed by atoms with Crippen LogP contribution in [0.3, 0.4) is 0 Å². The van der Waals surface area contributed by atoms with Gasteiger partial charge in [0.1, 0.15) is 0 Å². The van der Waals surface area contributed by atoms with Crippen molar-refractivity contribution >= 4 is 18.6 Å². The minimum atomic E-state index is -4.17. The molecule has 1 rings (SSSR count). The first-order valence-electron chi connectivity index (χ1n) is 5.34. The molecule has 0 aliphatic rings. The van der Waals surface area contributed by atoms with Crippen LogP contribution in [0.4, 0.5) is 5.69 Å². The van der Waals surface area contributed by atoms with Gasteiger partial charge in [0.15, 0.2) is 0 Å². The van der Waals surface area contributed by atoms with Crippen molar-refractivity contribution in [1.29, 1.82) is 0 Å². The van der Waals surface area contributed by atoms with Crippen LogP contribution in [0.1, 0.15) is 25.0 Å². The molecule has 0 bridgehead atoms. The summed E-state index contributed by atoms with van der Waals surface area (Å²) in [5.74, 6) is 0. The Bertz CT molecular complexity index is 425. The number of rotatable bonds is 4. The Balaban J connectivity index is 3.50. The lowest BCUT2D eigenvalue weighted by atomic mass is 10.0. The van der Waals surface area contributed by atoms with Crippen LogP contribution >= 0.6 is 7.60 Å². The molecule has 0 aliphatic heterocycles. The Labute approximate surface area is 95.9 Å². The highest BCUT2D eigenvalue weighted by atomic mass is 31.2. The molecular weight excluding hydrogens is 225 g/mol. The van der Waals surface area contributed by atoms with E-state index in [4.69, 9.17) is 0 Å². The van der Waals surface area contributed by atoms with Crippen molar-refractivity contribution in [3.8, 4) is 0 Å². The van der Waals surface area contributed by atoms with Crippen LogP contribution in [0.2, 0.25) is 0 Å². The first kappa shape index (κ1) is 13.2. The van der Waals surface area contributed by atoms with Gasteiger partial charge in [-0.2, -0.15) is 0 Å². The zero-order chi connectivity index (χ0) is 12.3. The molecule has 0 aliphatic carbocycles. The molecule has 0 radical (unpaired) electrons. The van der Waals surface area contributed by atoms with Crippen molar-refractivity contribution in [2.45, 2.75) is 26.7 Å².